The Morgan fingerprint density at radius 2 is 1.84 bits per heavy atom. The highest BCUT2D eigenvalue weighted by Gasteiger charge is 2.25. The molecule has 3 rings (SSSR count). The maximum Gasteiger partial charge on any atom is 0.286 e. The number of nitrogens with one attached hydrogen (secondary N) is 2. The van der Waals surface area contributed by atoms with Crippen molar-refractivity contribution in [3.63, 3.8) is 0 Å². The summed E-state index contributed by atoms with van der Waals surface area (Å²) < 4.78 is 28.5. The van der Waals surface area contributed by atoms with Crippen molar-refractivity contribution in [1.29, 1.82) is 0 Å². The van der Waals surface area contributed by atoms with Gasteiger partial charge in [0.15, 0.2) is 0 Å². The summed E-state index contributed by atoms with van der Waals surface area (Å²) in [5.41, 5.74) is 1.71. The van der Waals surface area contributed by atoms with Crippen LogP contribution in [0.4, 0.5) is 11.4 Å². The quantitative estimate of drug-likeness (QED) is 0.548. The van der Waals surface area contributed by atoms with Gasteiger partial charge in [-0.3, -0.25) is 4.79 Å². The number of sulfonamides is 1. The van der Waals surface area contributed by atoms with E-state index >= 15 is 0 Å². The van der Waals surface area contributed by atoms with E-state index in [0.29, 0.717) is 30.9 Å². The lowest BCUT2D eigenvalue weighted by molar-refractivity contribution is -0.121. The van der Waals surface area contributed by atoms with E-state index in [2.05, 4.69) is 39.0 Å². The van der Waals surface area contributed by atoms with Gasteiger partial charge in [-0.2, -0.15) is 8.42 Å². The number of rotatable bonds is 10. The number of amides is 1. The fourth-order valence-electron chi connectivity index (χ4n) is 3.65. The van der Waals surface area contributed by atoms with Crippen LogP contribution in [-0.4, -0.2) is 39.8 Å². The molecule has 0 aliphatic carbocycles. The van der Waals surface area contributed by atoms with Gasteiger partial charge in [0.25, 0.3) is 10.0 Å². The van der Waals surface area contributed by atoms with Gasteiger partial charge in [0.2, 0.25) is 5.91 Å². The molecule has 2 aromatic carbocycles. The topological polar surface area (TPSA) is 90.9 Å². The zero-order valence-electron chi connectivity index (χ0n) is 18.0. The van der Waals surface area contributed by atoms with Crippen LogP contribution < -0.4 is 15.5 Å². The summed E-state index contributed by atoms with van der Waals surface area (Å²) >= 11 is 0. The molecule has 31 heavy (non-hydrogen) atoms. The number of benzene rings is 2. The lowest BCUT2D eigenvalue weighted by Gasteiger charge is -2.23. The van der Waals surface area contributed by atoms with Gasteiger partial charge in [0.05, 0.1) is 5.69 Å². The molecule has 1 aliphatic rings. The van der Waals surface area contributed by atoms with Gasteiger partial charge in [-0.25, -0.2) is 0 Å². The molecule has 8 heteroatoms. The number of hydrogen-bond acceptors (Lipinski definition) is 5. The largest absolute Gasteiger partial charge is 0.372 e. The van der Waals surface area contributed by atoms with Crippen LogP contribution in [0.15, 0.2) is 63.9 Å². The molecule has 2 N–H and O–H groups in total. The minimum absolute atomic E-state index is 0.0325. The standard InChI is InChI=1S/C23H30N4O3S/c1-3-27(19-10-5-4-6-11-19)15-9-14-24-23(28)17-18(2)16-22-25-20-12-7-8-13-21(20)31(29,30)26-22/h4-8,10-13,18H,3,9,14-17H2,1-2H3,(H,24,28)(H,25,26)/t18-/m0/s1. The number of carbonyl (C=O) groups is 1. The second kappa shape index (κ2) is 10.4. The van der Waals surface area contributed by atoms with Crippen LogP contribution in [0.5, 0.6) is 0 Å². The molecule has 1 aliphatic heterocycles. The molecule has 0 bridgehead atoms. The van der Waals surface area contributed by atoms with Gasteiger partial charge in [0, 0.05) is 38.2 Å². The van der Waals surface area contributed by atoms with E-state index in [4.69, 9.17) is 0 Å². The van der Waals surface area contributed by atoms with Gasteiger partial charge in [-0.15, -0.1) is 4.40 Å². The third-order valence-corrected chi connectivity index (χ3v) is 6.55. The Hall–Kier alpha value is -2.87. The highest BCUT2D eigenvalue weighted by Crippen LogP contribution is 2.28. The van der Waals surface area contributed by atoms with Crippen LogP contribution in [0, 0.1) is 5.92 Å². The van der Waals surface area contributed by atoms with Crippen LogP contribution in [0.1, 0.15) is 33.1 Å². The predicted octanol–water partition coefficient (Wildman–Crippen LogP) is 3.65. The molecule has 0 saturated heterocycles. The molecule has 0 fully saturated rings. The second-order valence-corrected chi connectivity index (χ2v) is 9.34. The molecule has 0 saturated carbocycles. The Morgan fingerprint density at radius 3 is 2.58 bits per heavy atom. The maximum atomic E-state index is 12.3. The van der Waals surface area contributed by atoms with Gasteiger partial charge in [0.1, 0.15) is 10.7 Å². The monoisotopic (exact) mass is 442 g/mol. The van der Waals surface area contributed by atoms with E-state index < -0.39 is 10.0 Å². The minimum Gasteiger partial charge on any atom is -0.372 e. The second-order valence-electron chi connectivity index (χ2n) is 7.77. The molecular weight excluding hydrogens is 412 g/mol. The zero-order chi connectivity index (χ0) is 22.3. The molecule has 2 aromatic rings. The van der Waals surface area contributed by atoms with Gasteiger partial charge in [-0.05, 0) is 43.5 Å². The molecule has 0 spiro atoms. The Kier molecular flexibility index (Phi) is 7.68. The average Bonchev–Trinajstić information content (AvgIpc) is 2.74. The van der Waals surface area contributed by atoms with Gasteiger partial charge in [-0.1, -0.05) is 37.3 Å². The van der Waals surface area contributed by atoms with Crippen molar-refractivity contribution in [3.8, 4) is 0 Å². The summed E-state index contributed by atoms with van der Waals surface area (Å²) in [6, 6.07) is 16.9. The number of para-hydroxylation sites is 2. The molecule has 0 unspecified atom stereocenters. The summed E-state index contributed by atoms with van der Waals surface area (Å²) in [7, 11) is -3.70. The SMILES string of the molecule is CCN(CCCNC(=O)C[C@@H](C)CC1=NS(=O)(=O)c2ccccc2N1)c1ccccc1. The summed E-state index contributed by atoms with van der Waals surface area (Å²) in [5, 5.41) is 6.05. The summed E-state index contributed by atoms with van der Waals surface area (Å²) in [6.45, 7) is 6.43. The Balaban J connectivity index is 1.42. The first-order valence-electron chi connectivity index (χ1n) is 10.7. The van der Waals surface area contributed by atoms with E-state index in [9.17, 15) is 13.2 Å². The Bertz CT molecular complexity index is 1020. The molecule has 1 amide bonds. The lowest BCUT2D eigenvalue weighted by Crippen LogP contribution is -2.31. The smallest absolute Gasteiger partial charge is 0.286 e. The summed E-state index contributed by atoms with van der Waals surface area (Å²) in [4.78, 5) is 14.8. The first-order chi connectivity index (χ1) is 14.9. The molecule has 0 radical (unpaired) electrons. The van der Waals surface area contributed by atoms with Crippen molar-refractivity contribution in [2.24, 2.45) is 10.3 Å². The fourth-order valence-corrected chi connectivity index (χ4v) is 4.81. The maximum absolute atomic E-state index is 12.3. The van der Waals surface area contributed by atoms with E-state index in [1.807, 2.05) is 25.1 Å². The highest BCUT2D eigenvalue weighted by atomic mass is 32.2. The molecule has 1 heterocycles. The first kappa shape index (κ1) is 22.8. The normalized spacial score (nSPS) is 15.2. The molecule has 1 atom stereocenters. The number of fused-ring (bicyclic) bond motifs is 1. The van der Waals surface area contributed by atoms with Crippen molar-refractivity contribution >= 4 is 33.1 Å². The average molecular weight is 443 g/mol. The van der Waals surface area contributed by atoms with E-state index in [1.165, 1.54) is 11.8 Å². The third-order valence-electron chi connectivity index (χ3n) is 5.18. The number of carbonyl (C=O) groups excluding carboxylic acids is 1. The van der Waals surface area contributed by atoms with Crippen molar-refractivity contribution in [2.45, 2.75) is 38.0 Å². The van der Waals surface area contributed by atoms with E-state index in [0.717, 1.165) is 19.5 Å². The number of amidine groups is 1. The van der Waals surface area contributed by atoms with Crippen LogP contribution in [0.2, 0.25) is 0 Å². The van der Waals surface area contributed by atoms with Gasteiger partial charge >= 0.3 is 0 Å². The van der Waals surface area contributed by atoms with Crippen molar-refractivity contribution in [3.05, 3.63) is 54.6 Å². The number of anilines is 2. The summed E-state index contributed by atoms with van der Waals surface area (Å²) in [6.07, 6.45) is 1.56. The Morgan fingerprint density at radius 1 is 1.13 bits per heavy atom. The van der Waals surface area contributed by atoms with Crippen molar-refractivity contribution in [1.82, 2.24) is 5.32 Å². The molecular formula is C23H30N4O3S. The van der Waals surface area contributed by atoms with Crippen molar-refractivity contribution in [2.75, 3.05) is 29.9 Å². The fraction of sp³-hybridized carbons (Fsp3) is 0.391. The van der Waals surface area contributed by atoms with Crippen LogP contribution in [-0.2, 0) is 14.8 Å². The van der Waals surface area contributed by atoms with Gasteiger partial charge < -0.3 is 15.5 Å². The van der Waals surface area contributed by atoms with Crippen LogP contribution in [0.25, 0.3) is 0 Å². The third kappa shape index (κ3) is 6.30. The van der Waals surface area contributed by atoms with Crippen molar-refractivity contribution < 1.29 is 13.2 Å². The lowest BCUT2D eigenvalue weighted by atomic mass is 10.0. The Labute approximate surface area is 184 Å². The zero-order valence-corrected chi connectivity index (χ0v) is 18.9. The number of nitrogens with zero attached hydrogens (tertiary/aromatic N) is 2. The van der Waals surface area contributed by atoms with Crippen LogP contribution in [0.3, 0.4) is 0 Å². The first-order valence-corrected chi connectivity index (χ1v) is 12.1. The van der Waals surface area contributed by atoms with Crippen LogP contribution >= 0.6 is 0 Å². The molecule has 7 nitrogen and oxygen atoms in total. The molecule has 0 aromatic heterocycles. The predicted molar refractivity (Wildman–Crippen MR) is 125 cm³/mol. The summed E-state index contributed by atoms with van der Waals surface area (Å²) in [5.74, 6) is 0.304. The number of hydrogen-bond donors (Lipinski definition) is 2. The van der Waals surface area contributed by atoms with E-state index in [1.54, 1.807) is 18.2 Å². The highest BCUT2D eigenvalue weighted by molar-refractivity contribution is 7.90. The van der Waals surface area contributed by atoms with E-state index in [-0.39, 0.29) is 16.7 Å². The minimum atomic E-state index is -3.70. The molecule has 166 valence electrons.